The summed E-state index contributed by atoms with van der Waals surface area (Å²) in [5.41, 5.74) is 7.81. The van der Waals surface area contributed by atoms with Gasteiger partial charge in [-0.1, -0.05) is 54.1 Å². The van der Waals surface area contributed by atoms with Gasteiger partial charge in [0, 0.05) is 5.69 Å². The van der Waals surface area contributed by atoms with Gasteiger partial charge in [-0.05, 0) is 61.2 Å². The highest BCUT2D eigenvalue weighted by molar-refractivity contribution is 6.39. The third-order valence-corrected chi connectivity index (χ3v) is 4.73. The molecule has 0 aliphatic heterocycles. The molecule has 0 radical (unpaired) electrons. The Morgan fingerprint density at radius 2 is 1.71 bits per heavy atom. The van der Waals surface area contributed by atoms with Gasteiger partial charge in [0.05, 0.1) is 6.21 Å². The van der Waals surface area contributed by atoms with Crippen molar-refractivity contribution in [3.63, 3.8) is 0 Å². The summed E-state index contributed by atoms with van der Waals surface area (Å²) in [6.07, 6.45) is 1.46. The summed E-state index contributed by atoms with van der Waals surface area (Å²) < 4.78 is 5.85. The normalized spacial score (nSPS) is 10.7. The van der Waals surface area contributed by atoms with Crippen molar-refractivity contribution in [2.24, 2.45) is 5.10 Å². The van der Waals surface area contributed by atoms with Gasteiger partial charge in [0.15, 0.2) is 0 Å². The van der Waals surface area contributed by atoms with E-state index in [0.29, 0.717) is 18.0 Å². The Bertz CT molecular complexity index is 1120. The minimum Gasteiger partial charge on any atom is -0.489 e. The van der Waals surface area contributed by atoms with Gasteiger partial charge < -0.3 is 10.1 Å². The lowest BCUT2D eigenvalue weighted by Gasteiger charge is -2.09. The molecule has 0 heterocycles. The third kappa shape index (κ3) is 6.27. The zero-order valence-corrected chi connectivity index (χ0v) is 17.8. The summed E-state index contributed by atoms with van der Waals surface area (Å²) in [6.45, 7) is 6.33. The highest BCUT2D eigenvalue weighted by Gasteiger charge is 2.13. The van der Waals surface area contributed by atoms with Gasteiger partial charge in [-0.25, -0.2) is 5.43 Å². The molecule has 0 saturated carbocycles. The molecule has 0 atom stereocenters. The lowest BCUT2D eigenvalue weighted by Crippen LogP contribution is -2.32. The van der Waals surface area contributed by atoms with E-state index in [9.17, 15) is 9.59 Å². The number of carbonyl (C=O) groups excluding carboxylic acids is 2. The maximum atomic E-state index is 12.1. The SMILES string of the molecule is Cc1ccc(NC(=O)C(=O)NN=Cc2cccc(OCc3ccccc3C)c2)c(C)c1. The van der Waals surface area contributed by atoms with E-state index in [1.165, 1.54) is 11.8 Å². The molecule has 0 unspecified atom stereocenters. The van der Waals surface area contributed by atoms with Crippen molar-refractivity contribution >= 4 is 23.7 Å². The van der Waals surface area contributed by atoms with E-state index in [1.807, 2.05) is 81.4 Å². The number of hydrogen-bond acceptors (Lipinski definition) is 4. The van der Waals surface area contributed by atoms with Crippen LogP contribution in [0.1, 0.15) is 27.8 Å². The molecular formula is C25H25N3O3. The molecule has 0 fully saturated rings. The summed E-state index contributed by atoms with van der Waals surface area (Å²) >= 11 is 0. The third-order valence-electron chi connectivity index (χ3n) is 4.73. The van der Waals surface area contributed by atoms with Crippen LogP contribution in [-0.2, 0) is 16.2 Å². The van der Waals surface area contributed by atoms with Crippen LogP contribution in [0.4, 0.5) is 5.69 Å². The maximum Gasteiger partial charge on any atom is 0.329 e. The lowest BCUT2D eigenvalue weighted by atomic mass is 10.1. The van der Waals surface area contributed by atoms with Crippen molar-refractivity contribution in [1.82, 2.24) is 5.43 Å². The van der Waals surface area contributed by atoms with Crippen LogP contribution in [-0.4, -0.2) is 18.0 Å². The minimum absolute atomic E-state index is 0.461. The molecule has 0 bridgehead atoms. The summed E-state index contributed by atoms with van der Waals surface area (Å²) in [7, 11) is 0. The van der Waals surface area contributed by atoms with Gasteiger partial charge in [0.1, 0.15) is 12.4 Å². The molecular weight excluding hydrogens is 390 g/mol. The first-order valence-electron chi connectivity index (χ1n) is 9.91. The van der Waals surface area contributed by atoms with E-state index in [2.05, 4.69) is 15.8 Å². The highest BCUT2D eigenvalue weighted by atomic mass is 16.5. The number of benzene rings is 3. The summed E-state index contributed by atoms with van der Waals surface area (Å²) in [4.78, 5) is 24.1. The molecule has 2 amide bonds. The standard InChI is InChI=1S/C25H25N3O3/c1-17-11-12-23(19(3)13-17)27-24(29)25(30)28-26-15-20-8-6-10-22(14-20)31-16-21-9-5-4-7-18(21)2/h4-15H,16H2,1-3H3,(H,27,29)(H,28,30). The monoisotopic (exact) mass is 415 g/mol. The Morgan fingerprint density at radius 1 is 0.903 bits per heavy atom. The molecule has 0 aliphatic carbocycles. The molecule has 31 heavy (non-hydrogen) atoms. The van der Waals surface area contributed by atoms with Gasteiger partial charge >= 0.3 is 11.8 Å². The minimum atomic E-state index is -0.844. The second-order valence-electron chi connectivity index (χ2n) is 7.26. The van der Waals surface area contributed by atoms with E-state index in [4.69, 9.17) is 4.74 Å². The Morgan fingerprint density at radius 3 is 2.48 bits per heavy atom. The van der Waals surface area contributed by atoms with Crippen molar-refractivity contribution in [2.75, 3.05) is 5.32 Å². The highest BCUT2D eigenvalue weighted by Crippen LogP contribution is 2.17. The summed E-state index contributed by atoms with van der Waals surface area (Å²) in [5.74, 6) is -0.936. The molecule has 6 heteroatoms. The fourth-order valence-corrected chi connectivity index (χ4v) is 2.97. The fourth-order valence-electron chi connectivity index (χ4n) is 2.97. The number of nitrogens with one attached hydrogen (secondary N) is 2. The average Bonchev–Trinajstić information content (AvgIpc) is 2.75. The maximum absolute atomic E-state index is 12.1. The summed E-state index contributed by atoms with van der Waals surface area (Å²) in [6, 6.07) is 20.9. The second-order valence-corrected chi connectivity index (χ2v) is 7.26. The van der Waals surface area contributed by atoms with Crippen LogP contribution in [0.15, 0.2) is 71.8 Å². The summed E-state index contributed by atoms with van der Waals surface area (Å²) in [5, 5.41) is 6.46. The number of hydrogen-bond donors (Lipinski definition) is 2. The molecule has 2 N–H and O–H groups in total. The van der Waals surface area contributed by atoms with Crippen molar-refractivity contribution in [2.45, 2.75) is 27.4 Å². The molecule has 3 aromatic carbocycles. The number of rotatable bonds is 6. The number of aryl methyl sites for hydroxylation is 3. The number of ether oxygens (including phenoxy) is 1. The molecule has 158 valence electrons. The Hall–Kier alpha value is -3.93. The lowest BCUT2D eigenvalue weighted by molar-refractivity contribution is -0.136. The van der Waals surface area contributed by atoms with Gasteiger partial charge in [0.2, 0.25) is 0 Å². The van der Waals surface area contributed by atoms with E-state index in [0.717, 1.165) is 22.3 Å². The van der Waals surface area contributed by atoms with Crippen LogP contribution in [0.25, 0.3) is 0 Å². The molecule has 0 saturated heterocycles. The van der Waals surface area contributed by atoms with Crippen LogP contribution < -0.4 is 15.5 Å². The molecule has 0 aliphatic rings. The van der Waals surface area contributed by atoms with Crippen molar-refractivity contribution in [3.8, 4) is 5.75 Å². The molecule has 3 aromatic rings. The van der Waals surface area contributed by atoms with Crippen LogP contribution >= 0.6 is 0 Å². The first-order valence-corrected chi connectivity index (χ1v) is 9.91. The first kappa shape index (κ1) is 21.8. The number of carbonyl (C=O) groups is 2. The number of nitrogens with zero attached hydrogens (tertiary/aromatic N) is 1. The molecule has 3 rings (SSSR count). The number of hydrazone groups is 1. The number of amides is 2. The van der Waals surface area contributed by atoms with E-state index in [1.54, 1.807) is 6.07 Å². The topological polar surface area (TPSA) is 79.8 Å². The van der Waals surface area contributed by atoms with E-state index >= 15 is 0 Å². The number of anilines is 1. The van der Waals surface area contributed by atoms with Crippen LogP contribution in [0.2, 0.25) is 0 Å². The smallest absolute Gasteiger partial charge is 0.329 e. The fraction of sp³-hybridized carbons (Fsp3) is 0.160. The zero-order valence-electron chi connectivity index (χ0n) is 17.8. The van der Waals surface area contributed by atoms with E-state index < -0.39 is 11.8 Å². The van der Waals surface area contributed by atoms with Crippen molar-refractivity contribution in [3.05, 3.63) is 94.5 Å². The van der Waals surface area contributed by atoms with Gasteiger partial charge in [-0.3, -0.25) is 9.59 Å². The molecule has 6 nitrogen and oxygen atoms in total. The quantitative estimate of drug-likeness (QED) is 0.358. The van der Waals surface area contributed by atoms with Crippen LogP contribution in [0.3, 0.4) is 0 Å². The first-order chi connectivity index (χ1) is 14.9. The predicted molar refractivity (Wildman–Crippen MR) is 122 cm³/mol. The zero-order chi connectivity index (χ0) is 22.2. The Labute approximate surface area is 182 Å². The van der Waals surface area contributed by atoms with Gasteiger partial charge in [-0.15, -0.1) is 0 Å². The largest absolute Gasteiger partial charge is 0.489 e. The van der Waals surface area contributed by atoms with E-state index in [-0.39, 0.29) is 0 Å². The van der Waals surface area contributed by atoms with Gasteiger partial charge in [0.25, 0.3) is 0 Å². The van der Waals surface area contributed by atoms with Crippen LogP contribution in [0, 0.1) is 20.8 Å². The molecule has 0 spiro atoms. The Balaban J connectivity index is 1.54. The van der Waals surface area contributed by atoms with Gasteiger partial charge in [-0.2, -0.15) is 5.10 Å². The average molecular weight is 415 g/mol. The Kier molecular flexibility index (Phi) is 7.17. The van der Waals surface area contributed by atoms with Crippen molar-refractivity contribution < 1.29 is 14.3 Å². The predicted octanol–water partition coefficient (Wildman–Crippen LogP) is 4.28. The molecule has 0 aromatic heterocycles. The van der Waals surface area contributed by atoms with Crippen molar-refractivity contribution in [1.29, 1.82) is 0 Å². The second kappa shape index (κ2) is 10.2. The van der Waals surface area contributed by atoms with Crippen LogP contribution in [0.5, 0.6) is 5.75 Å².